The molecule has 61 heavy (non-hydrogen) atoms. The van der Waals surface area contributed by atoms with E-state index >= 15 is 0 Å². The molecular weight excluding hydrogens is 1230 g/mol. The molecule has 0 aliphatic carbocycles. The summed E-state index contributed by atoms with van der Waals surface area (Å²) in [5, 5.41) is 0. The molecule has 0 bridgehead atoms. The van der Waals surface area contributed by atoms with Crippen molar-refractivity contribution in [3.05, 3.63) is 182 Å². The van der Waals surface area contributed by atoms with Crippen LogP contribution in [0.3, 0.4) is 0 Å². The van der Waals surface area contributed by atoms with Gasteiger partial charge in [-0.1, -0.05) is 175 Å². The fourth-order valence-corrected chi connectivity index (χ4v) is 9.28. The molecule has 310 valence electrons. The van der Waals surface area contributed by atoms with Crippen molar-refractivity contribution in [2.24, 2.45) is 0 Å². The first-order chi connectivity index (χ1) is 28.3. The van der Waals surface area contributed by atoms with E-state index in [9.17, 15) is 0 Å². The first-order valence-electron chi connectivity index (χ1n) is 19.9. The van der Waals surface area contributed by atoms with Crippen molar-refractivity contribution in [2.45, 2.75) is 60.8 Å². The van der Waals surface area contributed by atoms with Gasteiger partial charge in [-0.05, 0) is 102 Å². The van der Waals surface area contributed by atoms with Gasteiger partial charge in [0.2, 0.25) is 0 Å². The third-order valence-corrected chi connectivity index (χ3v) is 12.9. The van der Waals surface area contributed by atoms with Crippen LogP contribution in [0.15, 0.2) is 137 Å². The normalized spacial score (nSPS) is 11.2. The molecule has 0 aliphatic rings. The Balaban J connectivity index is 0.00000311. The molecule has 3 nitrogen and oxygen atoms in total. The average Bonchev–Trinajstić information content (AvgIpc) is 3.23. The SMILES string of the molecule is Cc1cc(-c2[c-]cc(-c3ccccc3-c3c(C)c(C)c(-c4ccccc4-c4c[c-]c(-c5cc(C(C)(C)C)ncn5)cc4Br)c(C)c3C)c(Br)c2)ncc1-c1ccccc1.[Ir].[Ir]. The van der Waals surface area contributed by atoms with Crippen LogP contribution in [0.5, 0.6) is 0 Å². The van der Waals surface area contributed by atoms with Crippen molar-refractivity contribution < 1.29 is 40.2 Å². The number of halogens is 2. The van der Waals surface area contributed by atoms with Crippen molar-refractivity contribution in [2.75, 3.05) is 0 Å². The Labute approximate surface area is 404 Å². The van der Waals surface area contributed by atoms with Crippen molar-refractivity contribution in [3.8, 4) is 78.1 Å². The standard InChI is InChI=1S/C54H45Br2N3.2Ir/c1-32-26-49(57-30-46(32)37-16-10-9-11-17-37)38-22-24-42(47(55)27-38)40-18-12-14-20-44(40)52-33(2)35(4)53(36(5)34(52)3)45-21-15-13-19-41(45)43-25-23-39(28-48(43)56)50-29-51(54(6,7)8)59-31-58-50;;/h9-21,24-31H,1-8H3;;/q-2;;. The van der Waals surface area contributed by atoms with Crippen molar-refractivity contribution in [1.82, 2.24) is 15.0 Å². The molecule has 2 aromatic heterocycles. The minimum absolute atomic E-state index is 0. The van der Waals surface area contributed by atoms with E-state index in [0.717, 1.165) is 65.0 Å². The Morgan fingerprint density at radius 1 is 0.475 bits per heavy atom. The molecule has 0 unspecified atom stereocenters. The summed E-state index contributed by atoms with van der Waals surface area (Å²) < 4.78 is 2.00. The van der Waals surface area contributed by atoms with Crippen LogP contribution in [0.4, 0.5) is 0 Å². The Morgan fingerprint density at radius 3 is 1.36 bits per heavy atom. The minimum Gasteiger partial charge on any atom is -0.304 e. The number of aromatic nitrogens is 3. The van der Waals surface area contributed by atoms with Crippen molar-refractivity contribution in [1.29, 1.82) is 0 Å². The molecule has 8 rings (SSSR count). The van der Waals surface area contributed by atoms with Gasteiger partial charge < -0.3 is 4.98 Å². The molecule has 0 atom stereocenters. The van der Waals surface area contributed by atoms with Gasteiger partial charge >= 0.3 is 0 Å². The number of hydrogen-bond donors (Lipinski definition) is 0. The van der Waals surface area contributed by atoms with Crippen LogP contribution in [0.25, 0.3) is 78.1 Å². The van der Waals surface area contributed by atoms with Crippen molar-refractivity contribution in [3.63, 3.8) is 0 Å². The molecule has 8 aromatic rings. The van der Waals surface area contributed by atoms with Gasteiger partial charge in [-0.3, -0.25) is 4.98 Å². The Bertz CT molecular complexity index is 2870. The molecule has 0 aliphatic heterocycles. The Kier molecular flexibility index (Phi) is 14.5. The summed E-state index contributed by atoms with van der Waals surface area (Å²) in [6.07, 6.45) is 3.62. The van der Waals surface area contributed by atoms with Crippen LogP contribution >= 0.6 is 31.9 Å². The summed E-state index contributed by atoms with van der Waals surface area (Å²) in [5.74, 6) is 0. The predicted octanol–water partition coefficient (Wildman–Crippen LogP) is 15.5. The van der Waals surface area contributed by atoms with Gasteiger partial charge in [-0.2, -0.15) is 0 Å². The second kappa shape index (κ2) is 19.1. The van der Waals surface area contributed by atoms with Crippen LogP contribution in [0.2, 0.25) is 0 Å². The van der Waals surface area contributed by atoms with Gasteiger partial charge in [-0.15, -0.1) is 47.5 Å². The maximum Gasteiger partial charge on any atom is 0.105 e. The monoisotopic (exact) mass is 1280 g/mol. The second-order valence-corrected chi connectivity index (χ2v) is 18.1. The van der Waals surface area contributed by atoms with E-state index < -0.39 is 0 Å². The van der Waals surface area contributed by atoms with Crippen LogP contribution in [-0.4, -0.2) is 15.0 Å². The summed E-state index contributed by atoms with van der Waals surface area (Å²) in [4.78, 5) is 14.0. The fourth-order valence-electron chi connectivity index (χ4n) is 8.17. The minimum atomic E-state index is -0.0765. The Hall–Kier alpha value is -4.19. The van der Waals surface area contributed by atoms with Crippen LogP contribution < -0.4 is 0 Å². The number of aryl methyl sites for hydroxylation is 1. The molecule has 0 fully saturated rings. The van der Waals surface area contributed by atoms with Crippen LogP contribution in [0.1, 0.15) is 54.3 Å². The fraction of sp³-hybridized carbons (Fsp3) is 0.167. The molecule has 6 aromatic carbocycles. The summed E-state index contributed by atoms with van der Waals surface area (Å²) in [5.41, 5.74) is 22.5. The summed E-state index contributed by atoms with van der Waals surface area (Å²) >= 11 is 7.92. The maximum atomic E-state index is 4.87. The van der Waals surface area contributed by atoms with Gasteiger partial charge in [0, 0.05) is 63.1 Å². The zero-order valence-electron chi connectivity index (χ0n) is 35.4. The molecule has 0 amide bonds. The largest absolute Gasteiger partial charge is 0.304 e. The molecule has 2 heterocycles. The van der Waals surface area contributed by atoms with E-state index in [1.54, 1.807) is 6.33 Å². The maximum absolute atomic E-state index is 4.87. The third-order valence-electron chi connectivity index (χ3n) is 11.6. The van der Waals surface area contributed by atoms with Crippen LogP contribution in [0, 0.1) is 46.8 Å². The predicted molar refractivity (Wildman–Crippen MR) is 253 cm³/mol. The molecule has 0 N–H and O–H groups in total. The Morgan fingerprint density at radius 2 is 0.918 bits per heavy atom. The third kappa shape index (κ3) is 9.16. The van der Waals surface area contributed by atoms with E-state index in [4.69, 9.17) is 4.98 Å². The van der Waals surface area contributed by atoms with E-state index in [1.807, 2.05) is 12.3 Å². The molecule has 2 radical (unpaired) electrons. The summed E-state index contributed by atoms with van der Waals surface area (Å²) in [7, 11) is 0. The van der Waals surface area contributed by atoms with Gasteiger partial charge in [0.25, 0.3) is 0 Å². The second-order valence-electron chi connectivity index (χ2n) is 16.3. The zero-order valence-corrected chi connectivity index (χ0v) is 43.4. The molecule has 7 heteroatoms. The number of nitrogens with zero attached hydrogens (tertiary/aromatic N) is 3. The van der Waals surface area contributed by atoms with Gasteiger partial charge in [0.15, 0.2) is 0 Å². The number of pyridine rings is 1. The van der Waals surface area contributed by atoms with E-state index in [-0.39, 0.29) is 45.6 Å². The molecule has 0 saturated carbocycles. The topological polar surface area (TPSA) is 38.7 Å². The van der Waals surface area contributed by atoms with Gasteiger partial charge in [0.05, 0.1) is 0 Å². The summed E-state index contributed by atoms with van der Waals surface area (Å²) in [6, 6.07) is 47.7. The molecule has 0 spiro atoms. The number of benzene rings is 6. The van der Waals surface area contributed by atoms with Crippen LogP contribution in [-0.2, 0) is 45.6 Å². The number of hydrogen-bond acceptors (Lipinski definition) is 3. The van der Waals surface area contributed by atoms with E-state index in [1.165, 1.54) is 55.6 Å². The van der Waals surface area contributed by atoms with Gasteiger partial charge in [-0.25, -0.2) is 4.98 Å². The molecule has 0 saturated heterocycles. The molecular formula is C54H45Br2Ir2N3-2. The number of rotatable bonds is 7. The van der Waals surface area contributed by atoms with E-state index in [0.29, 0.717) is 0 Å². The average molecular weight is 1280 g/mol. The zero-order chi connectivity index (χ0) is 41.6. The smallest absolute Gasteiger partial charge is 0.105 e. The quantitative estimate of drug-likeness (QED) is 0.149. The van der Waals surface area contributed by atoms with Gasteiger partial charge in [0.1, 0.15) is 6.33 Å². The first kappa shape index (κ1) is 46.3. The summed E-state index contributed by atoms with van der Waals surface area (Å²) in [6.45, 7) is 17.7. The van der Waals surface area contributed by atoms with Crippen molar-refractivity contribution >= 4 is 31.9 Å². The van der Waals surface area contributed by atoms with E-state index in [2.05, 4.69) is 219 Å². The first-order valence-corrected chi connectivity index (χ1v) is 21.5.